The molecule has 3 rings (SSSR count). The van der Waals surface area contributed by atoms with Gasteiger partial charge in [-0.25, -0.2) is 4.98 Å². The molecule has 0 aliphatic rings. The molecule has 0 saturated heterocycles. The van der Waals surface area contributed by atoms with Crippen LogP contribution in [0.1, 0.15) is 43.5 Å². The zero-order valence-corrected chi connectivity index (χ0v) is 16.9. The molecule has 30 heavy (non-hydrogen) atoms. The topological polar surface area (TPSA) is 31.4 Å². The molecular formula is C24H23F3NO2. The van der Waals surface area contributed by atoms with E-state index in [0.717, 1.165) is 37.1 Å². The van der Waals surface area contributed by atoms with Crippen LogP contribution in [0.15, 0.2) is 60.7 Å². The number of nitrogens with zero attached hydrogens (tertiary/aromatic N) is 1. The maximum absolute atomic E-state index is 12.8. The fourth-order valence-electron chi connectivity index (χ4n) is 3.09. The molecule has 0 unspecified atom stereocenters. The summed E-state index contributed by atoms with van der Waals surface area (Å²) in [7, 11) is 1.57. The summed E-state index contributed by atoms with van der Waals surface area (Å²) in [5, 5.41) is 0. The van der Waals surface area contributed by atoms with Gasteiger partial charge >= 0.3 is 6.18 Å². The maximum atomic E-state index is 12.8. The quantitative estimate of drug-likeness (QED) is 0.402. The Kier molecular flexibility index (Phi) is 6.98. The molecule has 3 aromatic rings. The van der Waals surface area contributed by atoms with Gasteiger partial charge in [0.05, 0.1) is 24.1 Å². The molecule has 0 spiro atoms. The van der Waals surface area contributed by atoms with Crippen molar-refractivity contribution < 1.29 is 22.6 Å². The Labute approximate surface area is 174 Å². The average Bonchev–Trinajstić information content (AvgIpc) is 2.76. The van der Waals surface area contributed by atoms with Gasteiger partial charge in [-0.05, 0) is 55.3 Å². The third-order valence-electron chi connectivity index (χ3n) is 4.71. The van der Waals surface area contributed by atoms with Crippen molar-refractivity contribution in [3.05, 3.63) is 78.0 Å². The molecule has 1 aromatic heterocycles. The van der Waals surface area contributed by atoms with Crippen LogP contribution in [0.5, 0.6) is 11.5 Å². The minimum atomic E-state index is -4.36. The van der Waals surface area contributed by atoms with Gasteiger partial charge in [0.15, 0.2) is 11.5 Å². The van der Waals surface area contributed by atoms with E-state index in [9.17, 15) is 13.2 Å². The molecule has 0 amide bonds. The summed E-state index contributed by atoms with van der Waals surface area (Å²) >= 11 is 0. The molecule has 0 aliphatic carbocycles. The smallest absolute Gasteiger partial charge is 0.416 e. The highest BCUT2D eigenvalue weighted by molar-refractivity contribution is 5.59. The van der Waals surface area contributed by atoms with Crippen molar-refractivity contribution in [1.82, 2.24) is 4.98 Å². The van der Waals surface area contributed by atoms with Gasteiger partial charge in [0.2, 0.25) is 0 Å². The van der Waals surface area contributed by atoms with Gasteiger partial charge in [0.1, 0.15) is 6.10 Å². The van der Waals surface area contributed by atoms with Crippen LogP contribution in [-0.4, -0.2) is 12.1 Å². The first-order chi connectivity index (χ1) is 14.4. The summed E-state index contributed by atoms with van der Waals surface area (Å²) < 4.78 is 50.1. The lowest BCUT2D eigenvalue weighted by Gasteiger charge is -2.20. The number of unbranched alkanes of at least 4 members (excludes halogenated alkanes) is 1. The molecule has 0 N–H and O–H groups in total. The first-order valence-corrected chi connectivity index (χ1v) is 9.77. The number of alkyl halides is 3. The van der Waals surface area contributed by atoms with E-state index in [1.165, 1.54) is 12.1 Å². The van der Waals surface area contributed by atoms with Crippen LogP contribution in [0.4, 0.5) is 13.2 Å². The fraction of sp³-hybridized carbons (Fsp3) is 0.292. The molecule has 3 nitrogen and oxygen atoms in total. The van der Waals surface area contributed by atoms with Crippen molar-refractivity contribution in [2.24, 2.45) is 0 Å². The van der Waals surface area contributed by atoms with Gasteiger partial charge in [-0.1, -0.05) is 37.6 Å². The summed E-state index contributed by atoms with van der Waals surface area (Å²) in [6.45, 7) is 2.10. The molecule has 6 heteroatoms. The van der Waals surface area contributed by atoms with Crippen molar-refractivity contribution in [3.63, 3.8) is 0 Å². The van der Waals surface area contributed by atoms with E-state index in [-0.39, 0.29) is 6.10 Å². The zero-order chi connectivity index (χ0) is 21.6. The minimum absolute atomic E-state index is 0.310. The Morgan fingerprint density at radius 2 is 1.80 bits per heavy atom. The van der Waals surface area contributed by atoms with E-state index in [1.807, 2.05) is 12.1 Å². The van der Waals surface area contributed by atoms with Gasteiger partial charge in [-0.2, -0.15) is 13.2 Å². The second kappa shape index (κ2) is 9.65. The Balaban J connectivity index is 1.89. The van der Waals surface area contributed by atoms with E-state index >= 15 is 0 Å². The van der Waals surface area contributed by atoms with Crippen LogP contribution in [-0.2, 0) is 6.18 Å². The molecule has 1 atom stereocenters. The summed E-state index contributed by atoms with van der Waals surface area (Å²) in [5.74, 6) is 1.18. The number of hydrogen-bond donors (Lipinski definition) is 0. The average molecular weight is 414 g/mol. The highest BCUT2D eigenvalue weighted by Gasteiger charge is 2.30. The van der Waals surface area contributed by atoms with Crippen molar-refractivity contribution in [1.29, 1.82) is 0 Å². The Morgan fingerprint density at radius 1 is 1.03 bits per heavy atom. The molecule has 1 heterocycles. The largest absolute Gasteiger partial charge is 0.493 e. The zero-order valence-electron chi connectivity index (χ0n) is 16.9. The van der Waals surface area contributed by atoms with Gasteiger partial charge < -0.3 is 9.47 Å². The van der Waals surface area contributed by atoms with Crippen molar-refractivity contribution in [3.8, 4) is 22.8 Å². The van der Waals surface area contributed by atoms with Gasteiger partial charge in [-0.3, -0.25) is 0 Å². The van der Waals surface area contributed by atoms with E-state index in [4.69, 9.17) is 9.47 Å². The number of methoxy groups -OCH3 is 1. The minimum Gasteiger partial charge on any atom is -0.493 e. The molecule has 0 fully saturated rings. The van der Waals surface area contributed by atoms with Crippen molar-refractivity contribution in [2.75, 3.05) is 7.11 Å². The number of hydrogen-bond acceptors (Lipinski definition) is 3. The van der Waals surface area contributed by atoms with Crippen molar-refractivity contribution >= 4 is 0 Å². The Morgan fingerprint density at radius 3 is 2.47 bits per heavy atom. The summed E-state index contributed by atoms with van der Waals surface area (Å²) in [6.07, 6.45) is -1.98. The summed E-state index contributed by atoms with van der Waals surface area (Å²) in [5.41, 5.74) is 1.25. The van der Waals surface area contributed by atoms with Crippen LogP contribution < -0.4 is 9.47 Å². The summed E-state index contributed by atoms with van der Waals surface area (Å²) in [6, 6.07) is 18.7. The highest BCUT2D eigenvalue weighted by Crippen LogP contribution is 2.34. The third-order valence-corrected chi connectivity index (χ3v) is 4.71. The highest BCUT2D eigenvalue weighted by atomic mass is 19.4. The van der Waals surface area contributed by atoms with E-state index in [2.05, 4.69) is 18.0 Å². The lowest BCUT2D eigenvalue weighted by Crippen LogP contribution is -2.11. The maximum Gasteiger partial charge on any atom is 0.416 e. The second-order valence-electron chi connectivity index (χ2n) is 6.85. The van der Waals surface area contributed by atoms with Crippen LogP contribution in [0.2, 0.25) is 0 Å². The number of pyridine rings is 1. The van der Waals surface area contributed by atoms with Crippen LogP contribution in [0.3, 0.4) is 0 Å². The SMILES string of the molecule is CCCC[C@H](Oc1cc[c]cc1OC)c1cccc(-c2ccc(C(F)(F)F)cc2)n1. The molecule has 0 saturated carbocycles. The van der Waals surface area contributed by atoms with Gasteiger partial charge in [0, 0.05) is 5.56 Å². The third kappa shape index (κ3) is 5.32. The predicted molar refractivity (Wildman–Crippen MR) is 109 cm³/mol. The van der Waals surface area contributed by atoms with Gasteiger partial charge in [-0.15, -0.1) is 0 Å². The van der Waals surface area contributed by atoms with Crippen LogP contribution in [0.25, 0.3) is 11.3 Å². The first-order valence-electron chi connectivity index (χ1n) is 9.77. The number of ether oxygens (including phenoxy) is 2. The van der Waals surface area contributed by atoms with E-state index < -0.39 is 11.7 Å². The van der Waals surface area contributed by atoms with Crippen LogP contribution >= 0.6 is 0 Å². The Bertz CT molecular complexity index is 955. The predicted octanol–water partition coefficient (Wildman–Crippen LogP) is 6.89. The lowest BCUT2D eigenvalue weighted by atomic mass is 10.1. The molecule has 2 aromatic carbocycles. The second-order valence-corrected chi connectivity index (χ2v) is 6.85. The van der Waals surface area contributed by atoms with Gasteiger partial charge in [0.25, 0.3) is 0 Å². The number of rotatable bonds is 8. The lowest BCUT2D eigenvalue weighted by molar-refractivity contribution is -0.137. The van der Waals surface area contributed by atoms with Crippen LogP contribution in [0, 0.1) is 6.07 Å². The standard InChI is InChI=1S/C24H23F3NO2/c1-3-4-10-21(30-23-12-6-5-11-22(23)29-2)20-9-7-8-19(28-20)17-13-15-18(16-14-17)24(25,26)27/h6-9,11-16,21H,3-4,10H2,1-2H3/t21-/m0/s1. The van der Waals surface area contributed by atoms with E-state index in [0.29, 0.717) is 22.8 Å². The van der Waals surface area contributed by atoms with E-state index in [1.54, 1.807) is 31.4 Å². The molecule has 1 radical (unpaired) electrons. The number of aromatic nitrogens is 1. The number of benzene rings is 2. The first kappa shape index (κ1) is 21.7. The molecule has 157 valence electrons. The normalized spacial score (nSPS) is 12.4. The molecule has 0 aliphatic heterocycles. The monoisotopic (exact) mass is 414 g/mol. The van der Waals surface area contributed by atoms with Crippen molar-refractivity contribution in [2.45, 2.75) is 38.5 Å². The number of halogens is 3. The molecule has 0 bridgehead atoms. The molecular weight excluding hydrogens is 391 g/mol. The fourth-order valence-corrected chi connectivity index (χ4v) is 3.09. The Hall–Kier alpha value is -3.02. The summed E-state index contributed by atoms with van der Waals surface area (Å²) in [4.78, 5) is 4.68.